The first kappa shape index (κ1) is 57.6. The average molecular weight is 791 g/mol. The van der Waals surface area contributed by atoms with Crippen LogP contribution >= 0.6 is 0 Å². The maximum Gasteiger partial charge on any atom is 0.305 e. The van der Waals surface area contributed by atoms with Gasteiger partial charge in [0, 0.05) is 6.42 Å². The van der Waals surface area contributed by atoms with Gasteiger partial charge in [0.25, 0.3) is 0 Å². The van der Waals surface area contributed by atoms with Crippen molar-refractivity contribution in [3.63, 3.8) is 0 Å². The van der Waals surface area contributed by atoms with Gasteiger partial charge in [0.15, 0.2) is 0 Å². The molecule has 0 radical (unpaired) electrons. The molecule has 0 aromatic rings. The van der Waals surface area contributed by atoms with E-state index in [4.69, 9.17) is 4.74 Å². The highest BCUT2D eigenvalue weighted by Gasteiger charge is 2.09. The minimum absolute atomic E-state index is 0.00916. The second kappa shape index (κ2) is 44.0. The zero-order valence-electron chi connectivity index (χ0n) is 41.1. The summed E-state index contributed by atoms with van der Waals surface area (Å²) in [5.74, 6) is 6.39. The Kier molecular flexibility index (Phi) is 45.3. The molecule has 338 valence electrons. The molecule has 0 heterocycles. The molecule has 2 heteroatoms. The molecule has 0 aromatic heterocycles. The molecule has 56 heavy (non-hydrogen) atoms. The summed E-state index contributed by atoms with van der Waals surface area (Å²) in [4.78, 5) is 11.6. The molecule has 4 atom stereocenters. The van der Waals surface area contributed by atoms with Gasteiger partial charge < -0.3 is 4.74 Å². The van der Waals surface area contributed by atoms with Crippen molar-refractivity contribution in [2.75, 3.05) is 6.61 Å². The zero-order valence-corrected chi connectivity index (χ0v) is 41.1. The Morgan fingerprint density at radius 3 is 0.964 bits per heavy atom. The van der Waals surface area contributed by atoms with Crippen LogP contribution in [0.5, 0.6) is 0 Å². The predicted octanol–water partition coefficient (Wildman–Crippen LogP) is 19.3. The van der Waals surface area contributed by atoms with E-state index in [2.05, 4.69) is 76.2 Å². The first-order chi connectivity index (χ1) is 26.9. The standard InChI is InChI=1S/C30H62.C24H48O2/c1-25(2)15-11-19-29(7)23-13-21-27(5)17-9-10-18-28(6)22-14-24-30(8)20-12-16-26(3)4;1-4-5-6-14-18-21-24(25)26-22-19-16-13-11-9-7-8-10-12-15-17-20-23(2)3/h25-30H,9-24H2,1-8H3;23H,4-22H2,1-3H3. The molecule has 0 saturated carbocycles. The van der Waals surface area contributed by atoms with Crippen LogP contribution in [-0.2, 0) is 9.53 Å². The second-order valence-corrected chi connectivity index (χ2v) is 20.7. The SMILES string of the molecule is CC(C)CCCC(C)CCCC(C)CCCCC(C)CCCC(C)CCCC(C)C.CCCCCCCC(=O)OCCCCCCCCCCCCCC(C)C. The number of esters is 1. The van der Waals surface area contributed by atoms with Crippen molar-refractivity contribution >= 4 is 5.97 Å². The van der Waals surface area contributed by atoms with Crippen LogP contribution in [0.3, 0.4) is 0 Å². The maximum absolute atomic E-state index is 11.6. The van der Waals surface area contributed by atoms with Gasteiger partial charge in [-0.1, -0.05) is 275 Å². The van der Waals surface area contributed by atoms with Gasteiger partial charge in [-0.3, -0.25) is 4.79 Å². The van der Waals surface area contributed by atoms with Gasteiger partial charge in [-0.2, -0.15) is 0 Å². The lowest BCUT2D eigenvalue weighted by Crippen LogP contribution is -2.05. The molecule has 0 spiro atoms. The van der Waals surface area contributed by atoms with E-state index in [0.29, 0.717) is 13.0 Å². The fourth-order valence-electron chi connectivity index (χ4n) is 8.32. The molecule has 0 fully saturated rings. The molecular formula is C54H110O2. The van der Waals surface area contributed by atoms with Crippen molar-refractivity contribution in [3.05, 3.63) is 0 Å². The minimum Gasteiger partial charge on any atom is -0.466 e. The Morgan fingerprint density at radius 1 is 0.321 bits per heavy atom. The van der Waals surface area contributed by atoms with Crippen molar-refractivity contribution in [2.45, 2.75) is 294 Å². The molecule has 0 aliphatic heterocycles. The Balaban J connectivity index is 0. The minimum atomic E-state index is 0.00916. The topological polar surface area (TPSA) is 26.3 Å². The highest BCUT2D eigenvalue weighted by molar-refractivity contribution is 5.69. The van der Waals surface area contributed by atoms with Crippen molar-refractivity contribution in [3.8, 4) is 0 Å². The Morgan fingerprint density at radius 2 is 0.589 bits per heavy atom. The normalized spacial score (nSPS) is 13.9. The van der Waals surface area contributed by atoms with Crippen LogP contribution < -0.4 is 0 Å². The van der Waals surface area contributed by atoms with Gasteiger partial charge in [-0.25, -0.2) is 0 Å². The van der Waals surface area contributed by atoms with Crippen LogP contribution in [0.1, 0.15) is 294 Å². The van der Waals surface area contributed by atoms with Crippen LogP contribution in [0.15, 0.2) is 0 Å². The summed E-state index contributed by atoms with van der Waals surface area (Å²) in [6.07, 6.45) is 45.9. The van der Waals surface area contributed by atoms with Crippen molar-refractivity contribution in [2.24, 2.45) is 41.4 Å². The summed E-state index contributed by atoms with van der Waals surface area (Å²) in [6, 6.07) is 0. The third kappa shape index (κ3) is 49.6. The van der Waals surface area contributed by atoms with Crippen LogP contribution in [0.2, 0.25) is 0 Å². The van der Waals surface area contributed by atoms with E-state index < -0.39 is 0 Å². The number of carbonyl (C=O) groups excluding carboxylic acids is 1. The lowest BCUT2D eigenvalue weighted by molar-refractivity contribution is -0.143. The lowest BCUT2D eigenvalue weighted by atomic mass is 9.90. The van der Waals surface area contributed by atoms with Gasteiger partial charge in [-0.15, -0.1) is 0 Å². The molecule has 0 bridgehead atoms. The fraction of sp³-hybridized carbons (Fsp3) is 0.981. The lowest BCUT2D eigenvalue weighted by Gasteiger charge is -2.16. The zero-order chi connectivity index (χ0) is 42.1. The number of unbranched alkanes of at least 4 members (excludes halogenated alkanes) is 15. The van der Waals surface area contributed by atoms with Gasteiger partial charge >= 0.3 is 5.97 Å². The number of rotatable bonds is 41. The van der Waals surface area contributed by atoms with Gasteiger partial charge in [0.05, 0.1) is 6.61 Å². The van der Waals surface area contributed by atoms with E-state index in [1.54, 1.807) is 0 Å². The number of hydrogen-bond acceptors (Lipinski definition) is 2. The first-order valence-corrected chi connectivity index (χ1v) is 26.0. The van der Waals surface area contributed by atoms with Crippen molar-refractivity contribution < 1.29 is 9.53 Å². The van der Waals surface area contributed by atoms with Crippen LogP contribution in [0.25, 0.3) is 0 Å². The molecule has 0 amide bonds. The number of hydrogen-bond donors (Lipinski definition) is 0. The van der Waals surface area contributed by atoms with Gasteiger partial charge in [0.2, 0.25) is 0 Å². The summed E-state index contributed by atoms with van der Waals surface area (Å²) in [6.45, 7) is 26.8. The monoisotopic (exact) mass is 791 g/mol. The van der Waals surface area contributed by atoms with E-state index in [0.717, 1.165) is 54.3 Å². The van der Waals surface area contributed by atoms with Crippen LogP contribution in [0, 0.1) is 41.4 Å². The Hall–Kier alpha value is -0.530. The number of carbonyl (C=O) groups is 1. The Labute approximate surface area is 356 Å². The van der Waals surface area contributed by atoms with Crippen molar-refractivity contribution in [1.29, 1.82) is 0 Å². The maximum atomic E-state index is 11.6. The molecule has 0 rings (SSSR count). The third-order valence-corrected chi connectivity index (χ3v) is 12.6. The van der Waals surface area contributed by atoms with E-state index >= 15 is 0 Å². The first-order valence-electron chi connectivity index (χ1n) is 26.0. The smallest absolute Gasteiger partial charge is 0.305 e. The second-order valence-electron chi connectivity index (χ2n) is 20.7. The summed E-state index contributed by atoms with van der Waals surface area (Å²) in [5.41, 5.74) is 0. The molecule has 4 unspecified atom stereocenters. The third-order valence-electron chi connectivity index (χ3n) is 12.6. The van der Waals surface area contributed by atoms with E-state index in [1.807, 2.05) is 0 Å². The summed E-state index contributed by atoms with van der Waals surface area (Å²) < 4.78 is 5.32. The molecular weight excluding hydrogens is 681 g/mol. The number of ether oxygens (including phenoxy) is 1. The summed E-state index contributed by atoms with van der Waals surface area (Å²) >= 11 is 0. The summed E-state index contributed by atoms with van der Waals surface area (Å²) in [7, 11) is 0. The van der Waals surface area contributed by atoms with Crippen LogP contribution in [-0.4, -0.2) is 12.6 Å². The molecule has 0 N–H and O–H groups in total. The molecule has 0 aliphatic rings. The van der Waals surface area contributed by atoms with Gasteiger partial charge in [0.1, 0.15) is 0 Å². The molecule has 0 aliphatic carbocycles. The van der Waals surface area contributed by atoms with Gasteiger partial charge in [-0.05, 0) is 54.3 Å². The summed E-state index contributed by atoms with van der Waals surface area (Å²) in [5, 5.41) is 0. The van der Waals surface area contributed by atoms with E-state index in [-0.39, 0.29) is 5.97 Å². The highest BCUT2D eigenvalue weighted by Crippen LogP contribution is 2.24. The molecule has 0 aromatic carbocycles. The molecule has 2 nitrogen and oxygen atoms in total. The Bertz CT molecular complexity index is 722. The largest absolute Gasteiger partial charge is 0.466 e. The average Bonchev–Trinajstić information content (AvgIpc) is 3.13. The van der Waals surface area contributed by atoms with Crippen LogP contribution in [0.4, 0.5) is 0 Å². The highest BCUT2D eigenvalue weighted by atomic mass is 16.5. The van der Waals surface area contributed by atoms with E-state index in [1.165, 1.54) is 199 Å². The predicted molar refractivity (Wildman–Crippen MR) is 255 cm³/mol. The molecule has 0 saturated heterocycles. The fourth-order valence-corrected chi connectivity index (χ4v) is 8.32. The van der Waals surface area contributed by atoms with E-state index in [9.17, 15) is 4.79 Å². The van der Waals surface area contributed by atoms with Crippen molar-refractivity contribution in [1.82, 2.24) is 0 Å². The quantitative estimate of drug-likeness (QED) is 0.0455.